The molecule has 4 aromatic rings. The monoisotopic (exact) mass is 383 g/mol. The molecule has 0 unspecified atom stereocenters. The fraction of sp³-hybridized carbons (Fsp3) is 0.211. The highest BCUT2D eigenvalue weighted by molar-refractivity contribution is 7.98. The Hall–Kier alpha value is -1.76. The molecule has 0 bridgehead atoms. The van der Waals surface area contributed by atoms with E-state index in [1.165, 1.54) is 16.7 Å². The van der Waals surface area contributed by atoms with Crippen LogP contribution in [0.2, 0.25) is 0 Å². The minimum Gasteiger partial charge on any atom is -0.238 e. The van der Waals surface area contributed by atoms with Crippen LogP contribution in [0.4, 0.5) is 0 Å². The van der Waals surface area contributed by atoms with E-state index >= 15 is 0 Å². The van der Waals surface area contributed by atoms with E-state index in [1.54, 1.807) is 34.4 Å². The third-order valence-electron chi connectivity index (χ3n) is 4.02. The number of aryl methyl sites for hydroxylation is 3. The molecule has 6 heteroatoms. The van der Waals surface area contributed by atoms with Gasteiger partial charge >= 0.3 is 0 Å². The molecule has 3 aromatic heterocycles. The first-order chi connectivity index (χ1) is 12.1. The molecule has 3 nitrogen and oxygen atoms in total. The van der Waals surface area contributed by atoms with E-state index in [9.17, 15) is 0 Å². The summed E-state index contributed by atoms with van der Waals surface area (Å²) >= 11 is 5.11. The first kappa shape index (κ1) is 16.7. The molecule has 0 N–H and O–H groups in total. The first-order valence-electron chi connectivity index (χ1n) is 7.98. The van der Waals surface area contributed by atoms with E-state index in [-0.39, 0.29) is 0 Å². The van der Waals surface area contributed by atoms with Crippen molar-refractivity contribution in [2.75, 3.05) is 0 Å². The minimum atomic E-state index is 0.881. The number of fused-ring (bicyclic) bond motifs is 1. The predicted molar refractivity (Wildman–Crippen MR) is 109 cm³/mol. The number of hydrogen-bond acceptors (Lipinski definition) is 6. The second-order valence-electron chi connectivity index (χ2n) is 5.96. The van der Waals surface area contributed by atoms with E-state index in [2.05, 4.69) is 53.7 Å². The zero-order valence-electron chi connectivity index (χ0n) is 14.2. The lowest BCUT2D eigenvalue weighted by Crippen LogP contribution is -1.93. The van der Waals surface area contributed by atoms with E-state index in [4.69, 9.17) is 4.98 Å². The topological polar surface area (TPSA) is 38.7 Å². The Balaban J connectivity index is 1.71. The number of hydrogen-bond donors (Lipinski definition) is 0. The van der Waals surface area contributed by atoms with E-state index in [0.29, 0.717) is 0 Å². The Morgan fingerprint density at radius 2 is 1.96 bits per heavy atom. The number of aromatic nitrogens is 3. The highest BCUT2D eigenvalue weighted by Crippen LogP contribution is 2.37. The Bertz CT molecular complexity index is 1040. The van der Waals surface area contributed by atoms with Crippen molar-refractivity contribution in [3.63, 3.8) is 0 Å². The fourth-order valence-electron chi connectivity index (χ4n) is 2.69. The Labute approximate surface area is 159 Å². The summed E-state index contributed by atoms with van der Waals surface area (Å²) < 4.78 is 1.14. The third kappa shape index (κ3) is 3.34. The van der Waals surface area contributed by atoms with Crippen molar-refractivity contribution in [2.24, 2.45) is 0 Å². The smallest absolute Gasteiger partial charge is 0.146 e. The molecule has 126 valence electrons. The lowest BCUT2D eigenvalue weighted by molar-refractivity contribution is 0.956. The van der Waals surface area contributed by atoms with Crippen LogP contribution in [0.15, 0.2) is 40.7 Å². The maximum Gasteiger partial charge on any atom is 0.146 e. The molecule has 3 heterocycles. The van der Waals surface area contributed by atoms with Crippen LogP contribution in [0.5, 0.6) is 0 Å². The zero-order chi connectivity index (χ0) is 17.4. The van der Waals surface area contributed by atoms with Gasteiger partial charge in [-0.05, 0) is 43.3 Å². The Kier molecular flexibility index (Phi) is 4.58. The van der Waals surface area contributed by atoms with Gasteiger partial charge in [0.25, 0.3) is 0 Å². The van der Waals surface area contributed by atoms with Gasteiger partial charge < -0.3 is 0 Å². The summed E-state index contributed by atoms with van der Waals surface area (Å²) in [6.45, 7) is 6.33. The molecule has 1 aromatic carbocycles. The van der Waals surface area contributed by atoms with Crippen molar-refractivity contribution in [3.05, 3.63) is 57.4 Å². The number of thioether (sulfide) groups is 1. The summed E-state index contributed by atoms with van der Waals surface area (Å²) in [7, 11) is 0. The van der Waals surface area contributed by atoms with Crippen LogP contribution in [0, 0.1) is 20.8 Å². The SMILES string of the molecule is Cc1ccc(C)c(CSc2nnc(-c3cccs3)c3sc(C)nc23)c1. The highest BCUT2D eigenvalue weighted by Gasteiger charge is 2.16. The van der Waals surface area contributed by atoms with Gasteiger partial charge in [0.1, 0.15) is 16.2 Å². The largest absolute Gasteiger partial charge is 0.238 e. The molecule has 0 amide bonds. The van der Waals surface area contributed by atoms with Crippen molar-refractivity contribution in [2.45, 2.75) is 31.6 Å². The quantitative estimate of drug-likeness (QED) is 0.403. The number of thiazole rings is 1. The molecule has 0 aliphatic carbocycles. The molecule has 0 atom stereocenters. The van der Waals surface area contributed by atoms with E-state index in [0.717, 1.165) is 36.6 Å². The predicted octanol–water partition coefficient (Wildman–Crippen LogP) is 6.03. The average Bonchev–Trinajstić information content (AvgIpc) is 3.24. The zero-order valence-corrected chi connectivity index (χ0v) is 16.7. The van der Waals surface area contributed by atoms with Gasteiger partial charge in [-0.1, -0.05) is 41.6 Å². The highest BCUT2D eigenvalue weighted by atomic mass is 32.2. The number of rotatable bonds is 4. The molecule has 0 spiro atoms. The van der Waals surface area contributed by atoms with Crippen LogP contribution >= 0.6 is 34.4 Å². The summed E-state index contributed by atoms with van der Waals surface area (Å²) in [6.07, 6.45) is 0. The van der Waals surface area contributed by atoms with Crippen LogP contribution < -0.4 is 0 Å². The van der Waals surface area contributed by atoms with E-state index < -0.39 is 0 Å². The third-order valence-corrected chi connectivity index (χ3v) is 6.87. The van der Waals surface area contributed by atoms with Gasteiger partial charge in [0.15, 0.2) is 0 Å². The molecule has 25 heavy (non-hydrogen) atoms. The van der Waals surface area contributed by atoms with Gasteiger partial charge in [-0.3, -0.25) is 0 Å². The summed E-state index contributed by atoms with van der Waals surface area (Å²) in [5.74, 6) is 0.881. The molecule has 0 saturated carbocycles. The van der Waals surface area contributed by atoms with Gasteiger partial charge in [0.05, 0.1) is 14.6 Å². The summed E-state index contributed by atoms with van der Waals surface area (Å²) in [5.41, 5.74) is 5.87. The van der Waals surface area contributed by atoms with Gasteiger partial charge in [-0.15, -0.1) is 32.9 Å². The maximum atomic E-state index is 4.74. The molecular weight excluding hydrogens is 366 g/mol. The second kappa shape index (κ2) is 6.86. The standard InChI is InChI=1S/C19H17N3S3/c1-11-6-7-12(2)14(9-11)10-24-19-17-18(25-13(3)20-17)16(21-22-19)15-5-4-8-23-15/h4-9H,10H2,1-3H3. The van der Waals surface area contributed by atoms with Gasteiger partial charge in [0.2, 0.25) is 0 Å². The minimum absolute atomic E-state index is 0.881. The second-order valence-corrected chi connectivity index (χ2v) is 9.08. The summed E-state index contributed by atoms with van der Waals surface area (Å²) in [5, 5.41) is 13.1. The van der Waals surface area contributed by atoms with Crippen molar-refractivity contribution in [1.29, 1.82) is 0 Å². The van der Waals surface area contributed by atoms with Gasteiger partial charge in [0, 0.05) is 5.75 Å². The van der Waals surface area contributed by atoms with Gasteiger partial charge in [-0.2, -0.15) is 0 Å². The van der Waals surface area contributed by atoms with Crippen LogP contribution in [0.3, 0.4) is 0 Å². The van der Waals surface area contributed by atoms with Crippen molar-refractivity contribution >= 4 is 44.7 Å². The normalized spacial score (nSPS) is 11.3. The summed E-state index contributed by atoms with van der Waals surface area (Å²) in [6, 6.07) is 10.7. The average molecular weight is 384 g/mol. The van der Waals surface area contributed by atoms with Crippen molar-refractivity contribution in [3.8, 4) is 10.6 Å². The van der Waals surface area contributed by atoms with Gasteiger partial charge in [-0.25, -0.2) is 4.98 Å². The number of nitrogens with zero attached hydrogens (tertiary/aromatic N) is 3. The molecule has 0 fully saturated rings. The molecule has 0 radical (unpaired) electrons. The lowest BCUT2D eigenvalue weighted by Gasteiger charge is -2.07. The first-order valence-corrected chi connectivity index (χ1v) is 10.7. The fourth-order valence-corrected chi connectivity index (χ4v) is 5.44. The molecule has 0 aliphatic rings. The Morgan fingerprint density at radius 3 is 2.76 bits per heavy atom. The molecule has 0 saturated heterocycles. The Morgan fingerprint density at radius 1 is 1.08 bits per heavy atom. The van der Waals surface area contributed by atoms with Crippen LogP contribution in [0.25, 0.3) is 20.8 Å². The molecule has 4 rings (SSSR count). The summed E-state index contributed by atoms with van der Waals surface area (Å²) in [4.78, 5) is 5.88. The van der Waals surface area contributed by atoms with E-state index in [1.807, 2.05) is 13.0 Å². The van der Waals surface area contributed by atoms with Crippen LogP contribution in [-0.2, 0) is 5.75 Å². The van der Waals surface area contributed by atoms with Crippen LogP contribution in [-0.4, -0.2) is 15.2 Å². The number of benzene rings is 1. The molecular formula is C19H17N3S3. The number of thiophene rings is 1. The molecule has 0 aliphatic heterocycles. The maximum absolute atomic E-state index is 4.74. The van der Waals surface area contributed by atoms with Crippen LogP contribution in [0.1, 0.15) is 21.7 Å². The van der Waals surface area contributed by atoms with Crippen molar-refractivity contribution < 1.29 is 0 Å². The lowest BCUT2D eigenvalue weighted by atomic mass is 10.1. The van der Waals surface area contributed by atoms with Crippen molar-refractivity contribution in [1.82, 2.24) is 15.2 Å².